The first-order valence-electron chi connectivity index (χ1n) is 44.7. The van der Waals surface area contributed by atoms with E-state index in [2.05, 4.69) is 48.6 Å². The maximum absolute atomic E-state index is 14.3. The summed E-state index contributed by atoms with van der Waals surface area (Å²) >= 11 is 2.87. The zero-order chi connectivity index (χ0) is 97.7. The summed E-state index contributed by atoms with van der Waals surface area (Å²) in [5.41, 5.74) is 5.59. The van der Waals surface area contributed by atoms with E-state index in [4.69, 9.17) is 8.83 Å². The second-order valence-corrected chi connectivity index (χ2v) is 37.6. The molecule has 0 aliphatic carbocycles. The van der Waals surface area contributed by atoms with Gasteiger partial charge in [-0.05, 0) is 143 Å². The zero-order valence-electron chi connectivity index (χ0n) is 75.7. The lowest BCUT2D eigenvalue weighted by Gasteiger charge is -2.22. The van der Waals surface area contributed by atoms with E-state index >= 15 is 0 Å². The van der Waals surface area contributed by atoms with Crippen LogP contribution in [0.4, 0.5) is 0 Å². The van der Waals surface area contributed by atoms with E-state index in [-0.39, 0.29) is 78.6 Å². The standard InChI is InChI=1S/C32H23N3O3.C32H23N3O2S.C26H11N3O3.C26H11N3O2S/c2*1-16(2)20-9-7-10-21(17(3)4)29(20)35-31(36)23-12-18(14-33)26-22-8-5-6-11-25(22)38-30-19(15-34)13-24(32(35)37)27(23)28(26)30;2*27-12-14-10-18-22-19(26(31)29(25(18)30)16-6-2-1-3-7-16)11-15(13-28)24-23(22)21(14)17-8-4-5-9-20(17)32-24/h2*5-13,16-17H,1-4H3;2*1-11H. The minimum atomic E-state index is -0.522. The van der Waals surface area contributed by atoms with Crippen LogP contribution >= 0.6 is 22.7 Å². The number of para-hydroxylation sites is 6. The van der Waals surface area contributed by atoms with Crippen molar-refractivity contribution < 1.29 is 8.83 Å². The summed E-state index contributed by atoms with van der Waals surface area (Å²) in [6.07, 6.45) is 0. The van der Waals surface area contributed by atoms with Crippen molar-refractivity contribution in [3.8, 4) is 71.3 Å². The third kappa shape index (κ3) is 13.0. The Labute approximate surface area is 799 Å². The van der Waals surface area contributed by atoms with Gasteiger partial charge >= 0.3 is 0 Å². The van der Waals surface area contributed by atoms with Crippen molar-refractivity contribution in [2.45, 2.75) is 79.1 Å². The molecule has 24 heteroatoms. The van der Waals surface area contributed by atoms with Crippen LogP contribution in [0.1, 0.15) is 146 Å². The molecule has 0 amide bonds. The molecule has 0 atom stereocenters. The molecule has 0 unspecified atom stereocenters. The molecule has 22 nitrogen and oxygen atoms in total. The van der Waals surface area contributed by atoms with Crippen molar-refractivity contribution in [1.29, 1.82) is 42.1 Å². The van der Waals surface area contributed by atoms with Gasteiger partial charge < -0.3 is 8.83 Å². The Kier molecular flexibility index (Phi) is 21.1. The first kappa shape index (κ1) is 87.7. The van der Waals surface area contributed by atoms with Gasteiger partial charge in [0.2, 0.25) is 0 Å². The fourth-order valence-electron chi connectivity index (χ4n) is 20.4. The Balaban J connectivity index is 0.000000111. The highest BCUT2D eigenvalue weighted by Crippen LogP contribution is 2.49. The maximum Gasteiger partial charge on any atom is 0.266 e. The summed E-state index contributed by atoms with van der Waals surface area (Å²) in [6.45, 7) is 16.3. The minimum absolute atomic E-state index is 0.0512. The molecule has 0 spiro atoms. The van der Waals surface area contributed by atoms with Gasteiger partial charge in [0.05, 0.1) is 144 Å². The number of nitriles is 8. The van der Waals surface area contributed by atoms with Crippen molar-refractivity contribution >= 4 is 193 Å². The SMILES string of the molecule is CC(C)c1cccc(C(C)C)c1-n1c(=O)c2cc(C#N)c3oc4ccccc4c4c(C#N)cc(c1=O)c2c34.CC(C)c1cccc(C(C)C)c1-n1c(=O)c2cc(C#N)c3sc4ccccc4c4c(C#N)cc(c1=O)c2c34.N#Cc1cc2c(=O)n(-c3ccccc3)c(=O)c3cc(C#N)c4c5ccccc5oc1c4c23.N#Cc1cc2c(=O)n(-c3ccccc3)c(=O)c3cc(C#N)c4c5ccccc5sc1c4c23. The van der Waals surface area contributed by atoms with Crippen LogP contribution in [-0.2, 0) is 0 Å². The van der Waals surface area contributed by atoms with E-state index in [1.165, 1.54) is 50.0 Å². The van der Waals surface area contributed by atoms with E-state index in [0.717, 1.165) is 51.6 Å². The van der Waals surface area contributed by atoms with E-state index in [0.29, 0.717) is 163 Å². The Morgan fingerprint density at radius 3 is 0.750 bits per heavy atom. The lowest BCUT2D eigenvalue weighted by molar-refractivity contribution is 0.660. The van der Waals surface area contributed by atoms with Crippen LogP contribution in [0.15, 0.2) is 290 Å². The molecule has 140 heavy (non-hydrogen) atoms. The highest BCUT2D eigenvalue weighted by molar-refractivity contribution is 7.25. The molecule has 0 aliphatic heterocycles. The van der Waals surface area contributed by atoms with Gasteiger partial charge in [0.25, 0.3) is 44.5 Å². The summed E-state index contributed by atoms with van der Waals surface area (Å²) in [5, 5.41) is 92.1. The number of rotatable bonds is 8. The van der Waals surface area contributed by atoms with Crippen LogP contribution in [0.25, 0.3) is 193 Å². The monoisotopic (exact) mass is 1850 g/mol. The van der Waals surface area contributed by atoms with Crippen LogP contribution in [0.2, 0.25) is 0 Å². The Bertz CT molecular complexity index is 9790. The number of aromatic nitrogens is 4. The minimum Gasteiger partial charge on any atom is -0.455 e. The Hall–Kier alpha value is -18.9. The van der Waals surface area contributed by atoms with Gasteiger partial charge in [0.15, 0.2) is 11.2 Å². The van der Waals surface area contributed by atoms with Crippen LogP contribution < -0.4 is 44.5 Å². The smallest absolute Gasteiger partial charge is 0.266 e. The fraction of sp³-hybridized carbons (Fsp3) is 0.103. The fourth-order valence-corrected chi connectivity index (χ4v) is 22.7. The molecule has 0 bridgehead atoms. The molecule has 0 N–H and O–H groups in total. The Morgan fingerprint density at radius 1 is 0.229 bits per heavy atom. The lowest BCUT2D eigenvalue weighted by Crippen LogP contribution is -2.34. The lowest BCUT2D eigenvalue weighted by atomic mass is 9.90. The predicted octanol–water partition coefficient (Wildman–Crippen LogP) is 23.8. The first-order chi connectivity index (χ1) is 67.8. The molecule has 24 aromatic rings. The molecule has 664 valence electrons. The second-order valence-electron chi connectivity index (χ2n) is 35.5. The largest absolute Gasteiger partial charge is 0.455 e. The number of nitrogens with zero attached hydrogens (tertiary/aromatic N) is 12. The van der Waals surface area contributed by atoms with Gasteiger partial charge in [-0.15, -0.1) is 22.7 Å². The van der Waals surface area contributed by atoms with Crippen molar-refractivity contribution in [3.63, 3.8) is 0 Å². The molecule has 0 fully saturated rings. The van der Waals surface area contributed by atoms with Gasteiger partial charge in [-0.3, -0.25) is 38.4 Å². The molecule has 8 heterocycles. The molecular weight excluding hydrogens is 1790 g/mol. The Morgan fingerprint density at radius 2 is 0.464 bits per heavy atom. The number of pyridine rings is 4. The van der Waals surface area contributed by atoms with E-state index in [1.807, 2.05) is 171 Å². The quantitative estimate of drug-likeness (QED) is 0.101. The molecule has 8 aromatic heterocycles. The average Bonchev–Trinajstić information content (AvgIpc) is 0.698. The van der Waals surface area contributed by atoms with Crippen molar-refractivity contribution in [3.05, 3.63) is 392 Å². The summed E-state index contributed by atoms with van der Waals surface area (Å²) in [4.78, 5) is 111. The molecule has 0 saturated carbocycles. The van der Waals surface area contributed by atoms with Gasteiger partial charge in [0.1, 0.15) is 35.4 Å². The predicted molar refractivity (Wildman–Crippen MR) is 552 cm³/mol. The third-order valence-corrected chi connectivity index (χ3v) is 28.9. The highest BCUT2D eigenvalue weighted by atomic mass is 32.1. The van der Waals surface area contributed by atoms with Crippen molar-refractivity contribution in [2.75, 3.05) is 0 Å². The number of hydrogen-bond acceptors (Lipinski definition) is 20. The summed E-state index contributed by atoms with van der Waals surface area (Å²) in [6, 6.07) is 89.0. The number of hydrogen-bond donors (Lipinski definition) is 0. The summed E-state index contributed by atoms with van der Waals surface area (Å²) in [5.74, 6) is 0.238. The third-order valence-electron chi connectivity index (χ3n) is 26.5. The van der Waals surface area contributed by atoms with Crippen molar-refractivity contribution in [1.82, 2.24) is 18.3 Å². The van der Waals surface area contributed by atoms with Crippen LogP contribution in [0.5, 0.6) is 0 Å². The van der Waals surface area contributed by atoms with Crippen LogP contribution in [-0.4, -0.2) is 18.3 Å². The topological polar surface area (TPSA) is 373 Å². The molecule has 0 saturated heterocycles. The van der Waals surface area contributed by atoms with Crippen LogP contribution in [0.3, 0.4) is 0 Å². The molecule has 0 aliphatic rings. The summed E-state index contributed by atoms with van der Waals surface area (Å²) < 4.78 is 20.1. The van der Waals surface area contributed by atoms with Gasteiger partial charge in [-0.1, -0.05) is 201 Å². The number of fused-ring (bicyclic) bond motifs is 8. The molecule has 24 rings (SSSR count). The highest BCUT2D eigenvalue weighted by Gasteiger charge is 2.33. The normalized spacial score (nSPS) is 11.6. The molecular formula is C116H68N12O10S2. The van der Waals surface area contributed by atoms with Gasteiger partial charge in [-0.25, -0.2) is 18.3 Å². The average molecular weight is 1850 g/mol. The summed E-state index contributed by atoms with van der Waals surface area (Å²) in [7, 11) is 0. The maximum atomic E-state index is 14.3. The van der Waals surface area contributed by atoms with Gasteiger partial charge in [0, 0.05) is 95.6 Å². The number of benzene rings is 16. The van der Waals surface area contributed by atoms with Crippen LogP contribution in [0, 0.1) is 90.6 Å². The zero-order valence-corrected chi connectivity index (χ0v) is 77.3. The molecule has 0 radical (unpaired) electrons. The van der Waals surface area contributed by atoms with Gasteiger partial charge in [-0.2, -0.15) is 42.1 Å². The van der Waals surface area contributed by atoms with E-state index in [1.54, 1.807) is 109 Å². The van der Waals surface area contributed by atoms with E-state index in [9.17, 15) is 80.5 Å². The molecule has 16 aromatic carbocycles. The first-order valence-corrected chi connectivity index (χ1v) is 46.4. The van der Waals surface area contributed by atoms with Crippen molar-refractivity contribution in [2.24, 2.45) is 0 Å². The van der Waals surface area contributed by atoms with E-state index < -0.39 is 44.5 Å². The second kappa shape index (κ2) is 33.6.